The van der Waals surface area contributed by atoms with Crippen molar-refractivity contribution in [3.05, 3.63) is 95.6 Å². The minimum atomic E-state index is -0.471. The van der Waals surface area contributed by atoms with Crippen LogP contribution in [0.1, 0.15) is 21.6 Å². The Morgan fingerprint density at radius 1 is 1.07 bits per heavy atom. The van der Waals surface area contributed by atoms with Crippen LogP contribution in [0, 0.1) is 12.7 Å². The second kappa shape index (κ2) is 8.71. The Hall–Kier alpha value is -3.54. The Kier molecular flexibility index (Phi) is 5.89. The van der Waals surface area contributed by atoms with Crippen molar-refractivity contribution in [2.75, 3.05) is 5.32 Å². The van der Waals surface area contributed by atoms with Crippen LogP contribution in [0.4, 0.5) is 10.1 Å². The molecule has 3 aromatic rings. The van der Waals surface area contributed by atoms with Crippen molar-refractivity contribution in [1.29, 1.82) is 0 Å². The molecular weight excluding hydrogens is 343 g/mol. The molecule has 5 nitrogen and oxygen atoms in total. The summed E-state index contributed by atoms with van der Waals surface area (Å²) in [5, 5.41) is 5.79. The van der Waals surface area contributed by atoms with Gasteiger partial charge in [-0.15, -0.1) is 0 Å². The molecule has 0 spiro atoms. The zero-order valence-electron chi connectivity index (χ0n) is 14.8. The first kappa shape index (κ1) is 18.3. The molecule has 2 N–H and O–H groups in total. The van der Waals surface area contributed by atoms with Crippen molar-refractivity contribution in [2.45, 2.75) is 13.5 Å². The van der Waals surface area contributed by atoms with E-state index in [0.717, 1.165) is 16.9 Å². The fourth-order valence-corrected chi connectivity index (χ4v) is 2.35. The summed E-state index contributed by atoms with van der Waals surface area (Å²) in [4.78, 5) is 21.1. The molecule has 2 aromatic carbocycles. The van der Waals surface area contributed by atoms with E-state index in [9.17, 15) is 9.18 Å². The minimum absolute atomic E-state index is 0.214. The smallest absolute Gasteiger partial charge is 0.258 e. The highest BCUT2D eigenvalue weighted by Gasteiger charge is 2.10. The molecule has 0 saturated heterocycles. The van der Waals surface area contributed by atoms with Gasteiger partial charge in [-0.2, -0.15) is 0 Å². The number of aryl methyl sites for hydroxylation is 1. The van der Waals surface area contributed by atoms with Crippen LogP contribution in [-0.4, -0.2) is 16.9 Å². The summed E-state index contributed by atoms with van der Waals surface area (Å²) in [6, 6.07) is 18.7. The molecule has 0 aliphatic carbocycles. The summed E-state index contributed by atoms with van der Waals surface area (Å²) in [6.07, 6.45) is 1.68. The number of guanidine groups is 1. The molecule has 3 rings (SSSR count). The number of rotatable bonds is 4. The highest BCUT2D eigenvalue weighted by atomic mass is 19.1. The molecular formula is C21H19FN4O. The molecule has 0 bridgehead atoms. The van der Waals surface area contributed by atoms with Crippen LogP contribution in [0.2, 0.25) is 0 Å². The lowest BCUT2D eigenvalue weighted by Gasteiger charge is -2.12. The van der Waals surface area contributed by atoms with E-state index in [-0.39, 0.29) is 11.5 Å². The van der Waals surface area contributed by atoms with E-state index in [0.29, 0.717) is 6.54 Å². The molecule has 0 radical (unpaired) electrons. The summed E-state index contributed by atoms with van der Waals surface area (Å²) >= 11 is 0. The zero-order valence-corrected chi connectivity index (χ0v) is 14.8. The average Bonchev–Trinajstić information content (AvgIpc) is 2.68. The van der Waals surface area contributed by atoms with E-state index in [1.807, 2.05) is 49.4 Å². The van der Waals surface area contributed by atoms with Gasteiger partial charge in [0, 0.05) is 17.4 Å². The van der Waals surface area contributed by atoms with Crippen molar-refractivity contribution >= 4 is 17.6 Å². The minimum Gasteiger partial charge on any atom is -0.326 e. The van der Waals surface area contributed by atoms with E-state index < -0.39 is 11.7 Å². The monoisotopic (exact) mass is 362 g/mol. The summed E-state index contributed by atoms with van der Waals surface area (Å²) < 4.78 is 13.4. The predicted molar refractivity (Wildman–Crippen MR) is 104 cm³/mol. The summed E-state index contributed by atoms with van der Waals surface area (Å²) in [6.45, 7) is 2.28. The van der Waals surface area contributed by atoms with E-state index in [4.69, 9.17) is 0 Å². The van der Waals surface area contributed by atoms with E-state index in [2.05, 4.69) is 20.6 Å². The number of benzene rings is 2. The normalized spacial score (nSPS) is 11.1. The Morgan fingerprint density at radius 3 is 2.59 bits per heavy atom. The van der Waals surface area contributed by atoms with Crippen LogP contribution in [0.5, 0.6) is 0 Å². The van der Waals surface area contributed by atoms with Gasteiger partial charge in [-0.3, -0.25) is 15.1 Å². The molecule has 0 atom stereocenters. The van der Waals surface area contributed by atoms with Crippen LogP contribution in [0.15, 0.2) is 77.9 Å². The van der Waals surface area contributed by atoms with Crippen LogP contribution in [0.3, 0.4) is 0 Å². The van der Waals surface area contributed by atoms with E-state index >= 15 is 0 Å². The van der Waals surface area contributed by atoms with Crippen molar-refractivity contribution in [3.8, 4) is 0 Å². The van der Waals surface area contributed by atoms with Gasteiger partial charge < -0.3 is 5.32 Å². The first-order valence-electron chi connectivity index (χ1n) is 8.45. The highest BCUT2D eigenvalue weighted by molar-refractivity contribution is 6.09. The Balaban J connectivity index is 1.79. The zero-order chi connectivity index (χ0) is 19.1. The molecule has 0 aliphatic rings. The number of hydrogen-bond acceptors (Lipinski definition) is 3. The van der Waals surface area contributed by atoms with Crippen molar-refractivity contribution in [2.24, 2.45) is 4.99 Å². The Labute approximate surface area is 157 Å². The lowest BCUT2D eigenvalue weighted by atomic mass is 10.2. The number of nitrogens with one attached hydrogen (secondary N) is 2. The van der Waals surface area contributed by atoms with Gasteiger partial charge in [-0.1, -0.05) is 29.8 Å². The molecule has 1 aromatic heterocycles. The van der Waals surface area contributed by atoms with Gasteiger partial charge in [0.2, 0.25) is 5.96 Å². The lowest BCUT2D eigenvalue weighted by Crippen LogP contribution is -2.36. The number of hydrogen-bond donors (Lipinski definition) is 2. The fraction of sp³-hybridized carbons (Fsp3) is 0.0952. The van der Waals surface area contributed by atoms with Crippen molar-refractivity contribution in [3.63, 3.8) is 0 Å². The second-order valence-corrected chi connectivity index (χ2v) is 5.94. The number of pyridine rings is 1. The molecule has 6 heteroatoms. The van der Waals surface area contributed by atoms with Gasteiger partial charge >= 0.3 is 0 Å². The van der Waals surface area contributed by atoms with Crippen LogP contribution >= 0.6 is 0 Å². The predicted octanol–water partition coefficient (Wildman–Crippen LogP) is 3.93. The number of amides is 1. The molecule has 136 valence electrons. The third-order valence-corrected chi connectivity index (χ3v) is 3.76. The molecule has 1 heterocycles. The molecule has 0 unspecified atom stereocenters. The SMILES string of the molecule is Cc1ccc(NC(=NCc2ccccn2)NC(=O)c2cccc(F)c2)cc1. The number of halogens is 1. The van der Waals surface area contributed by atoms with Gasteiger partial charge in [0.05, 0.1) is 12.2 Å². The average molecular weight is 362 g/mol. The summed E-state index contributed by atoms with van der Waals surface area (Å²) in [7, 11) is 0. The third-order valence-electron chi connectivity index (χ3n) is 3.76. The van der Waals surface area contributed by atoms with Gasteiger partial charge in [-0.25, -0.2) is 9.38 Å². The first-order valence-corrected chi connectivity index (χ1v) is 8.45. The van der Waals surface area contributed by atoms with Gasteiger partial charge in [-0.05, 0) is 49.4 Å². The number of aliphatic imine (C=N–C) groups is 1. The maximum Gasteiger partial charge on any atom is 0.258 e. The number of carbonyl (C=O) groups is 1. The quantitative estimate of drug-likeness (QED) is 0.546. The topological polar surface area (TPSA) is 66.4 Å². The standard InChI is InChI=1S/C21H19FN4O/c1-15-8-10-18(11-9-15)25-21(24-14-19-7-2-3-12-23-19)26-20(27)16-5-4-6-17(22)13-16/h2-13H,14H2,1H3,(H2,24,25,26,27). The van der Waals surface area contributed by atoms with Gasteiger partial charge in [0.15, 0.2) is 0 Å². The number of carbonyl (C=O) groups excluding carboxylic acids is 1. The number of anilines is 1. The van der Waals surface area contributed by atoms with Crippen molar-refractivity contribution in [1.82, 2.24) is 10.3 Å². The second-order valence-electron chi connectivity index (χ2n) is 5.94. The maximum atomic E-state index is 13.4. The number of nitrogens with zero attached hydrogens (tertiary/aromatic N) is 2. The molecule has 0 fully saturated rings. The Morgan fingerprint density at radius 2 is 1.89 bits per heavy atom. The van der Waals surface area contributed by atoms with Crippen LogP contribution in [-0.2, 0) is 6.54 Å². The van der Waals surface area contributed by atoms with Gasteiger partial charge in [0.25, 0.3) is 5.91 Å². The third kappa shape index (κ3) is 5.47. The van der Waals surface area contributed by atoms with E-state index in [1.54, 1.807) is 12.3 Å². The van der Waals surface area contributed by atoms with Crippen LogP contribution in [0.25, 0.3) is 0 Å². The summed E-state index contributed by atoms with van der Waals surface area (Å²) in [5.74, 6) is -0.659. The number of aromatic nitrogens is 1. The fourth-order valence-electron chi connectivity index (χ4n) is 2.35. The molecule has 27 heavy (non-hydrogen) atoms. The largest absolute Gasteiger partial charge is 0.326 e. The molecule has 0 aliphatic heterocycles. The van der Waals surface area contributed by atoms with E-state index in [1.165, 1.54) is 18.2 Å². The lowest BCUT2D eigenvalue weighted by molar-refractivity contribution is 0.0976. The molecule has 1 amide bonds. The highest BCUT2D eigenvalue weighted by Crippen LogP contribution is 2.09. The Bertz CT molecular complexity index is 940. The first-order chi connectivity index (χ1) is 13.1. The van der Waals surface area contributed by atoms with Crippen molar-refractivity contribution < 1.29 is 9.18 Å². The summed E-state index contributed by atoms with van der Waals surface area (Å²) in [5.41, 5.74) is 2.88. The maximum absolute atomic E-state index is 13.4. The van der Waals surface area contributed by atoms with Gasteiger partial charge in [0.1, 0.15) is 5.82 Å². The van der Waals surface area contributed by atoms with Crippen LogP contribution < -0.4 is 10.6 Å². The molecule has 0 saturated carbocycles.